The molecule has 2 aromatic rings. The van der Waals surface area contributed by atoms with E-state index in [4.69, 9.17) is 9.88 Å². The monoisotopic (exact) mass is 519 g/mol. The lowest BCUT2D eigenvalue weighted by Gasteiger charge is -2.18. The van der Waals surface area contributed by atoms with E-state index < -0.39 is 46.7 Å². The number of rotatable bonds is 7. The first kappa shape index (κ1) is 26.6. The average molecular weight is 520 g/mol. The standard InChI is InChI=1S/C21H25F4N5O4S/c1-11(9-21(23,24)25)28-20(31)34-14-4-3-13(7-14)16-10-27-19(29-12(16)2)30-18-6-5-15(8-17(18)22)35(26,32)33/h5-6,8,10-11,13-14H,3-4,7,9H2,1-2H3,(H,28,31)(H2,26,32,33)(H,27,29,30)/t11-,13-,14+/m0/s1. The summed E-state index contributed by atoms with van der Waals surface area (Å²) >= 11 is 0. The third-order valence-corrected chi connectivity index (χ3v) is 6.44. The van der Waals surface area contributed by atoms with E-state index in [2.05, 4.69) is 20.6 Å². The predicted octanol–water partition coefficient (Wildman–Crippen LogP) is 4.02. The molecule has 35 heavy (non-hydrogen) atoms. The van der Waals surface area contributed by atoms with Crippen LogP contribution in [0.5, 0.6) is 0 Å². The maximum absolute atomic E-state index is 14.3. The normalized spacial score (nSPS) is 19.3. The van der Waals surface area contributed by atoms with Crippen molar-refractivity contribution in [2.45, 2.75) is 68.7 Å². The number of aryl methyl sites for hydroxylation is 1. The zero-order valence-corrected chi connectivity index (χ0v) is 19.7. The van der Waals surface area contributed by atoms with Crippen LogP contribution in [0, 0.1) is 12.7 Å². The Bertz CT molecular complexity index is 1190. The Labute approximate surface area is 199 Å². The first-order valence-corrected chi connectivity index (χ1v) is 12.2. The van der Waals surface area contributed by atoms with E-state index in [9.17, 15) is 30.8 Å². The molecule has 9 nitrogen and oxygen atoms in total. The van der Waals surface area contributed by atoms with Crippen molar-refractivity contribution in [1.29, 1.82) is 0 Å². The fraction of sp³-hybridized carbons (Fsp3) is 0.476. The molecule has 1 heterocycles. The van der Waals surface area contributed by atoms with Gasteiger partial charge in [-0.3, -0.25) is 0 Å². The summed E-state index contributed by atoms with van der Waals surface area (Å²) in [5, 5.41) is 9.87. The van der Waals surface area contributed by atoms with Gasteiger partial charge >= 0.3 is 12.3 Å². The molecule has 14 heteroatoms. The number of hydrogen-bond donors (Lipinski definition) is 3. The number of benzene rings is 1. The smallest absolute Gasteiger partial charge is 0.407 e. The summed E-state index contributed by atoms with van der Waals surface area (Å²) in [5.41, 5.74) is 1.38. The zero-order chi connectivity index (χ0) is 26.0. The summed E-state index contributed by atoms with van der Waals surface area (Å²) in [6, 6.07) is 2.05. The number of alkyl halides is 3. The van der Waals surface area contributed by atoms with Crippen molar-refractivity contribution in [1.82, 2.24) is 15.3 Å². The van der Waals surface area contributed by atoms with E-state index in [0.29, 0.717) is 25.0 Å². The van der Waals surface area contributed by atoms with Crippen LogP contribution < -0.4 is 15.8 Å². The van der Waals surface area contributed by atoms with E-state index in [1.165, 1.54) is 13.0 Å². The van der Waals surface area contributed by atoms with Crippen molar-refractivity contribution in [2.75, 3.05) is 5.32 Å². The minimum atomic E-state index is -4.38. The molecule has 0 saturated heterocycles. The summed E-state index contributed by atoms with van der Waals surface area (Å²) in [5.74, 6) is -0.780. The van der Waals surface area contributed by atoms with Gasteiger partial charge in [-0.15, -0.1) is 0 Å². The molecule has 3 rings (SSSR count). The third-order valence-electron chi connectivity index (χ3n) is 5.53. The van der Waals surface area contributed by atoms with E-state index in [-0.39, 0.29) is 22.4 Å². The molecule has 1 saturated carbocycles. The van der Waals surface area contributed by atoms with Crippen molar-refractivity contribution in [3.63, 3.8) is 0 Å². The highest BCUT2D eigenvalue weighted by Gasteiger charge is 2.33. The number of ether oxygens (including phenoxy) is 1. The summed E-state index contributed by atoms with van der Waals surface area (Å²) in [6.45, 7) is 2.99. The minimum Gasteiger partial charge on any atom is -0.446 e. The molecule has 1 aliphatic rings. The molecule has 1 amide bonds. The number of nitrogens with one attached hydrogen (secondary N) is 2. The Morgan fingerprint density at radius 2 is 2.03 bits per heavy atom. The van der Waals surface area contributed by atoms with Crippen LogP contribution in [-0.2, 0) is 14.8 Å². The Kier molecular flexibility index (Phi) is 7.84. The molecular formula is C21H25F4N5O4S. The number of aromatic nitrogens is 2. The van der Waals surface area contributed by atoms with Crippen molar-refractivity contribution in [2.24, 2.45) is 5.14 Å². The van der Waals surface area contributed by atoms with Crippen LogP contribution in [0.25, 0.3) is 0 Å². The SMILES string of the molecule is Cc1nc(Nc2ccc(S(N)(=O)=O)cc2F)ncc1[C@H]1CC[C@@H](OC(=O)N[C@@H](C)CC(F)(F)F)C1. The van der Waals surface area contributed by atoms with Crippen molar-refractivity contribution in [3.05, 3.63) is 41.5 Å². The van der Waals surface area contributed by atoms with Crippen LogP contribution in [0.3, 0.4) is 0 Å². The number of nitrogens with zero attached hydrogens (tertiary/aromatic N) is 2. The molecule has 0 bridgehead atoms. The maximum atomic E-state index is 14.3. The van der Waals surface area contributed by atoms with Gasteiger partial charge in [0.15, 0.2) is 0 Å². The Morgan fingerprint density at radius 1 is 1.31 bits per heavy atom. The molecular weight excluding hydrogens is 494 g/mol. The lowest BCUT2D eigenvalue weighted by Crippen LogP contribution is -2.37. The number of carbonyl (C=O) groups is 1. The van der Waals surface area contributed by atoms with Gasteiger partial charge in [-0.05, 0) is 62.8 Å². The number of halogens is 4. The molecule has 1 aliphatic carbocycles. The number of hydrogen-bond acceptors (Lipinski definition) is 7. The molecule has 3 atom stereocenters. The van der Waals surface area contributed by atoms with E-state index in [1.54, 1.807) is 13.1 Å². The van der Waals surface area contributed by atoms with Crippen LogP contribution in [0.4, 0.5) is 34.0 Å². The average Bonchev–Trinajstić information content (AvgIpc) is 3.15. The van der Waals surface area contributed by atoms with Gasteiger partial charge in [0, 0.05) is 17.9 Å². The van der Waals surface area contributed by atoms with E-state index >= 15 is 0 Å². The minimum absolute atomic E-state index is 0.0276. The number of anilines is 2. The van der Waals surface area contributed by atoms with Crippen molar-refractivity contribution < 1.29 is 35.5 Å². The number of carbonyl (C=O) groups excluding carboxylic acids is 1. The summed E-state index contributed by atoms with van der Waals surface area (Å²) in [7, 11) is -4.04. The second kappa shape index (κ2) is 10.3. The molecule has 4 N–H and O–H groups in total. The number of primary sulfonamides is 1. The molecule has 0 radical (unpaired) electrons. The van der Waals surface area contributed by atoms with Gasteiger partial charge in [0.25, 0.3) is 0 Å². The number of amides is 1. The lowest BCUT2D eigenvalue weighted by atomic mass is 9.98. The van der Waals surface area contributed by atoms with Gasteiger partial charge in [-0.25, -0.2) is 32.7 Å². The molecule has 1 fully saturated rings. The summed E-state index contributed by atoms with van der Waals surface area (Å²) < 4.78 is 79.4. The highest BCUT2D eigenvalue weighted by atomic mass is 32.2. The first-order valence-electron chi connectivity index (χ1n) is 10.7. The third kappa shape index (κ3) is 7.49. The van der Waals surface area contributed by atoms with Crippen molar-refractivity contribution >= 4 is 27.8 Å². The molecule has 1 aromatic heterocycles. The Hall–Kier alpha value is -3.00. The molecule has 1 aromatic carbocycles. The van der Waals surface area contributed by atoms with Gasteiger partial charge in [-0.2, -0.15) is 13.2 Å². The fourth-order valence-corrected chi connectivity index (χ4v) is 4.47. The molecule has 0 aliphatic heterocycles. The first-order chi connectivity index (χ1) is 16.2. The highest BCUT2D eigenvalue weighted by molar-refractivity contribution is 7.89. The second-order valence-corrected chi connectivity index (χ2v) is 10.0. The Balaban J connectivity index is 1.59. The number of nitrogens with two attached hydrogens (primary N) is 1. The van der Waals surface area contributed by atoms with Gasteiger partial charge in [0.1, 0.15) is 11.9 Å². The van der Waals surface area contributed by atoms with Gasteiger partial charge < -0.3 is 15.4 Å². The largest absolute Gasteiger partial charge is 0.446 e. The predicted molar refractivity (Wildman–Crippen MR) is 118 cm³/mol. The Morgan fingerprint density at radius 3 is 2.63 bits per heavy atom. The van der Waals surface area contributed by atoms with Crippen LogP contribution in [0.15, 0.2) is 29.3 Å². The maximum Gasteiger partial charge on any atom is 0.407 e. The van der Waals surface area contributed by atoms with Gasteiger partial charge in [0.05, 0.1) is 17.0 Å². The highest BCUT2D eigenvalue weighted by Crippen LogP contribution is 2.37. The van der Waals surface area contributed by atoms with E-state index in [1.807, 2.05) is 0 Å². The van der Waals surface area contributed by atoms with Crippen molar-refractivity contribution in [3.8, 4) is 0 Å². The fourth-order valence-electron chi connectivity index (χ4n) is 3.95. The topological polar surface area (TPSA) is 136 Å². The number of alkyl carbamates (subject to hydrolysis) is 1. The molecule has 192 valence electrons. The van der Waals surface area contributed by atoms with Crippen LogP contribution in [0.1, 0.15) is 49.8 Å². The zero-order valence-electron chi connectivity index (χ0n) is 18.9. The van der Waals surface area contributed by atoms with Crippen LogP contribution >= 0.6 is 0 Å². The molecule has 0 unspecified atom stereocenters. The van der Waals surface area contributed by atoms with E-state index in [0.717, 1.165) is 17.7 Å². The second-order valence-electron chi connectivity index (χ2n) is 8.45. The van der Waals surface area contributed by atoms with Crippen LogP contribution in [0.2, 0.25) is 0 Å². The van der Waals surface area contributed by atoms with Gasteiger partial charge in [0.2, 0.25) is 16.0 Å². The quantitative estimate of drug-likeness (QED) is 0.470. The summed E-state index contributed by atoms with van der Waals surface area (Å²) in [4.78, 5) is 20.1. The lowest BCUT2D eigenvalue weighted by molar-refractivity contribution is -0.138. The molecule has 0 spiro atoms. The summed E-state index contributed by atoms with van der Waals surface area (Å²) in [6.07, 6.45) is -3.65. The van der Waals surface area contributed by atoms with Gasteiger partial charge in [-0.1, -0.05) is 0 Å². The number of sulfonamides is 1. The van der Waals surface area contributed by atoms with Crippen LogP contribution in [-0.4, -0.2) is 42.8 Å².